The molecule has 25 heavy (non-hydrogen) atoms. The second-order valence-corrected chi connectivity index (χ2v) is 6.15. The van der Waals surface area contributed by atoms with Gasteiger partial charge in [0.2, 0.25) is 0 Å². The Balaban J connectivity index is 2.59. The summed E-state index contributed by atoms with van der Waals surface area (Å²) < 4.78 is 12.7. The lowest BCUT2D eigenvalue weighted by molar-refractivity contribution is 0.352. The lowest BCUT2D eigenvalue weighted by Gasteiger charge is -2.15. The van der Waals surface area contributed by atoms with Crippen LogP contribution < -0.4 is 15.0 Å². The second-order valence-electron chi connectivity index (χ2n) is 5.36. The van der Waals surface area contributed by atoms with Crippen LogP contribution in [0.3, 0.4) is 0 Å². The number of aromatic nitrogens is 2. The van der Waals surface area contributed by atoms with E-state index in [-0.39, 0.29) is 17.7 Å². The fourth-order valence-electron chi connectivity index (χ4n) is 2.75. The van der Waals surface area contributed by atoms with E-state index >= 15 is 0 Å². The molecule has 2 aromatic rings. The third kappa shape index (κ3) is 3.54. The molecule has 0 fully saturated rings. The highest BCUT2D eigenvalue weighted by Crippen LogP contribution is 2.37. The van der Waals surface area contributed by atoms with Gasteiger partial charge in [0.1, 0.15) is 11.6 Å². The SMILES string of the molecule is CCc1nn(Cc2ccc(OC)c(OC)c2Br)c(=O)c(C#N)c1CC. The highest BCUT2D eigenvalue weighted by molar-refractivity contribution is 9.10. The number of halogens is 1. The smallest absolute Gasteiger partial charge is 0.285 e. The van der Waals surface area contributed by atoms with E-state index in [1.54, 1.807) is 20.3 Å². The molecule has 0 saturated carbocycles. The summed E-state index contributed by atoms with van der Waals surface area (Å²) in [5.74, 6) is 1.14. The molecule has 0 N–H and O–H groups in total. The van der Waals surface area contributed by atoms with Crippen molar-refractivity contribution in [1.29, 1.82) is 5.26 Å². The van der Waals surface area contributed by atoms with E-state index in [1.807, 2.05) is 26.0 Å². The molecular weight excluding hydrogens is 386 g/mol. The minimum absolute atomic E-state index is 0.172. The number of hydrogen-bond donors (Lipinski definition) is 0. The molecule has 6 nitrogen and oxygen atoms in total. The maximum atomic E-state index is 12.6. The number of hydrogen-bond acceptors (Lipinski definition) is 5. The van der Waals surface area contributed by atoms with Crippen molar-refractivity contribution in [2.75, 3.05) is 14.2 Å². The van der Waals surface area contributed by atoms with Gasteiger partial charge in [-0.15, -0.1) is 0 Å². The van der Waals surface area contributed by atoms with Crippen LogP contribution in [0.5, 0.6) is 11.5 Å². The van der Waals surface area contributed by atoms with Crippen LogP contribution in [-0.2, 0) is 19.4 Å². The molecule has 0 radical (unpaired) electrons. The van der Waals surface area contributed by atoms with Crippen molar-refractivity contribution in [2.24, 2.45) is 0 Å². The first-order valence-electron chi connectivity index (χ1n) is 7.94. The van der Waals surface area contributed by atoms with Gasteiger partial charge in [0.15, 0.2) is 11.5 Å². The molecule has 1 aromatic heterocycles. The average molecular weight is 406 g/mol. The van der Waals surface area contributed by atoms with E-state index in [1.165, 1.54) is 4.68 Å². The number of ether oxygens (including phenoxy) is 2. The molecule has 1 heterocycles. The molecule has 0 atom stereocenters. The van der Waals surface area contributed by atoms with Gasteiger partial charge in [-0.25, -0.2) is 4.68 Å². The molecule has 0 bridgehead atoms. The van der Waals surface area contributed by atoms with Gasteiger partial charge in [-0.3, -0.25) is 4.79 Å². The molecule has 132 valence electrons. The van der Waals surface area contributed by atoms with E-state index in [4.69, 9.17) is 9.47 Å². The van der Waals surface area contributed by atoms with Crippen LogP contribution in [0, 0.1) is 11.3 Å². The first-order valence-corrected chi connectivity index (χ1v) is 8.73. The Hall–Kier alpha value is -2.33. The predicted molar refractivity (Wildman–Crippen MR) is 98.3 cm³/mol. The van der Waals surface area contributed by atoms with E-state index in [0.717, 1.165) is 16.8 Å². The van der Waals surface area contributed by atoms with Crippen molar-refractivity contribution in [3.05, 3.63) is 49.3 Å². The van der Waals surface area contributed by atoms with Crippen LogP contribution in [0.1, 0.15) is 36.2 Å². The summed E-state index contributed by atoms with van der Waals surface area (Å²) in [5, 5.41) is 13.9. The summed E-state index contributed by atoms with van der Waals surface area (Å²) in [6.45, 7) is 4.11. The van der Waals surface area contributed by atoms with Crippen molar-refractivity contribution < 1.29 is 9.47 Å². The Labute approximate surface area is 155 Å². The molecular formula is C18H20BrN3O3. The van der Waals surface area contributed by atoms with E-state index < -0.39 is 0 Å². The van der Waals surface area contributed by atoms with Gasteiger partial charge in [-0.2, -0.15) is 10.4 Å². The molecule has 0 aliphatic carbocycles. The van der Waals surface area contributed by atoms with E-state index in [9.17, 15) is 10.1 Å². The van der Waals surface area contributed by atoms with Gasteiger partial charge < -0.3 is 9.47 Å². The quantitative estimate of drug-likeness (QED) is 0.737. The lowest BCUT2D eigenvalue weighted by atomic mass is 10.0. The molecule has 7 heteroatoms. The zero-order chi connectivity index (χ0) is 18.6. The monoisotopic (exact) mass is 405 g/mol. The normalized spacial score (nSPS) is 10.4. The summed E-state index contributed by atoms with van der Waals surface area (Å²) >= 11 is 3.50. The second kappa shape index (κ2) is 8.17. The highest BCUT2D eigenvalue weighted by atomic mass is 79.9. The van der Waals surface area contributed by atoms with E-state index in [0.29, 0.717) is 28.8 Å². The number of benzene rings is 1. The van der Waals surface area contributed by atoms with Crippen LogP contribution >= 0.6 is 15.9 Å². The fraction of sp³-hybridized carbons (Fsp3) is 0.389. The summed E-state index contributed by atoms with van der Waals surface area (Å²) in [6, 6.07) is 5.65. The highest BCUT2D eigenvalue weighted by Gasteiger charge is 2.18. The Morgan fingerprint density at radius 2 is 1.96 bits per heavy atom. The van der Waals surface area contributed by atoms with Gasteiger partial charge in [0.25, 0.3) is 5.56 Å². The van der Waals surface area contributed by atoms with Crippen molar-refractivity contribution >= 4 is 15.9 Å². The van der Waals surface area contributed by atoms with Crippen molar-refractivity contribution in [1.82, 2.24) is 9.78 Å². The van der Waals surface area contributed by atoms with Gasteiger partial charge in [0.05, 0.1) is 30.9 Å². The Morgan fingerprint density at radius 3 is 2.48 bits per heavy atom. The number of nitriles is 1. The number of methoxy groups -OCH3 is 2. The maximum absolute atomic E-state index is 12.6. The zero-order valence-electron chi connectivity index (χ0n) is 14.7. The van der Waals surface area contributed by atoms with Crippen molar-refractivity contribution in [3.63, 3.8) is 0 Å². The number of aryl methyl sites for hydroxylation is 1. The molecule has 2 rings (SSSR count). The molecule has 0 saturated heterocycles. The van der Waals surface area contributed by atoms with Crippen LogP contribution in [-0.4, -0.2) is 24.0 Å². The van der Waals surface area contributed by atoms with Crippen LogP contribution in [0.25, 0.3) is 0 Å². The minimum atomic E-state index is -0.377. The van der Waals surface area contributed by atoms with Gasteiger partial charge in [0, 0.05) is 0 Å². The Kier molecular flexibility index (Phi) is 6.21. The van der Waals surface area contributed by atoms with Crippen LogP contribution in [0.4, 0.5) is 0 Å². The third-order valence-electron chi connectivity index (χ3n) is 4.03. The molecule has 1 aromatic carbocycles. The molecule has 0 amide bonds. The summed E-state index contributed by atoms with van der Waals surface area (Å²) in [7, 11) is 3.11. The topological polar surface area (TPSA) is 77.1 Å². The van der Waals surface area contributed by atoms with Crippen molar-refractivity contribution in [3.8, 4) is 17.6 Å². The first kappa shape index (κ1) is 19.0. The van der Waals surface area contributed by atoms with Crippen molar-refractivity contribution in [2.45, 2.75) is 33.2 Å². The third-order valence-corrected chi connectivity index (χ3v) is 4.89. The fourth-order valence-corrected chi connectivity index (χ4v) is 3.37. The molecule has 0 aliphatic heterocycles. The Morgan fingerprint density at radius 1 is 1.24 bits per heavy atom. The average Bonchev–Trinajstić information content (AvgIpc) is 2.63. The van der Waals surface area contributed by atoms with Gasteiger partial charge >= 0.3 is 0 Å². The first-order chi connectivity index (χ1) is 12.0. The predicted octanol–water partition coefficient (Wildman–Crippen LogP) is 3.07. The number of nitrogens with zero attached hydrogens (tertiary/aromatic N) is 3. The van der Waals surface area contributed by atoms with Gasteiger partial charge in [-0.1, -0.05) is 19.9 Å². The summed E-state index contributed by atoms with van der Waals surface area (Å²) in [5.41, 5.74) is 2.11. The number of rotatable bonds is 6. The molecule has 0 unspecified atom stereocenters. The van der Waals surface area contributed by atoms with Crippen LogP contribution in [0.2, 0.25) is 0 Å². The Bertz CT molecular complexity index is 885. The summed E-state index contributed by atoms with van der Waals surface area (Å²) in [6.07, 6.45) is 1.26. The van der Waals surface area contributed by atoms with Gasteiger partial charge in [-0.05, 0) is 46.0 Å². The lowest BCUT2D eigenvalue weighted by Crippen LogP contribution is -2.29. The maximum Gasteiger partial charge on any atom is 0.285 e. The molecule has 0 aliphatic rings. The molecule has 0 spiro atoms. The zero-order valence-corrected chi connectivity index (χ0v) is 16.3. The summed E-state index contributed by atoms with van der Waals surface area (Å²) in [4.78, 5) is 12.6. The minimum Gasteiger partial charge on any atom is -0.493 e. The standard InChI is InChI=1S/C18H20BrN3O3/c1-5-12-13(9-20)18(23)22(21-14(12)6-2)10-11-7-8-15(24-3)17(25-4)16(11)19/h7-8H,5-6,10H2,1-4H3. The van der Waals surface area contributed by atoms with E-state index in [2.05, 4.69) is 21.0 Å². The largest absolute Gasteiger partial charge is 0.493 e. The van der Waals surface area contributed by atoms with Crippen LogP contribution in [0.15, 0.2) is 21.4 Å².